The van der Waals surface area contributed by atoms with Crippen LogP contribution in [0.2, 0.25) is 0 Å². The van der Waals surface area contributed by atoms with Gasteiger partial charge in [0, 0.05) is 19.1 Å². The fourth-order valence-corrected chi connectivity index (χ4v) is 1.22. The van der Waals surface area contributed by atoms with E-state index >= 15 is 0 Å². The van der Waals surface area contributed by atoms with Crippen LogP contribution in [0.4, 0.5) is 0 Å². The fraction of sp³-hybridized carbons (Fsp3) is 0.875. The summed E-state index contributed by atoms with van der Waals surface area (Å²) in [6.07, 6.45) is 0.985. The van der Waals surface area contributed by atoms with E-state index in [9.17, 15) is 4.79 Å². The highest BCUT2D eigenvalue weighted by atomic mass is 16.2. The summed E-state index contributed by atoms with van der Waals surface area (Å²) in [6, 6.07) is 0.475. The van der Waals surface area contributed by atoms with Gasteiger partial charge >= 0.3 is 0 Å². The first-order chi connectivity index (χ1) is 5.20. The van der Waals surface area contributed by atoms with Gasteiger partial charge in [-0.15, -0.1) is 0 Å². The number of carbonyl (C=O) groups is 1. The summed E-state index contributed by atoms with van der Waals surface area (Å²) < 4.78 is 0. The molecule has 11 heavy (non-hydrogen) atoms. The summed E-state index contributed by atoms with van der Waals surface area (Å²) in [5.74, 6) is 0.413. The normalized spacial score (nSPS) is 24.3. The zero-order chi connectivity index (χ0) is 8.27. The van der Waals surface area contributed by atoms with Crippen molar-refractivity contribution in [1.82, 2.24) is 10.6 Å². The Balaban J connectivity index is 2.20. The Bertz CT molecular complexity index is 145. The van der Waals surface area contributed by atoms with Crippen molar-refractivity contribution in [2.24, 2.45) is 5.92 Å². The molecule has 0 saturated carbocycles. The second kappa shape index (κ2) is 3.72. The average molecular weight is 156 g/mol. The standard InChI is InChI=1S/C8H16N2O/c1-6(2)10-5-7-3-4-9-8(7)11/h6-7,10H,3-5H2,1-2H3,(H,9,11). The summed E-state index contributed by atoms with van der Waals surface area (Å²) in [7, 11) is 0. The van der Waals surface area contributed by atoms with Crippen LogP contribution in [0.15, 0.2) is 0 Å². The van der Waals surface area contributed by atoms with Crippen LogP contribution >= 0.6 is 0 Å². The number of hydrogen-bond donors (Lipinski definition) is 2. The van der Waals surface area contributed by atoms with Crippen LogP contribution in [-0.4, -0.2) is 25.0 Å². The Labute approximate surface area is 67.5 Å². The second-order valence-corrected chi connectivity index (χ2v) is 3.34. The third-order valence-corrected chi connectivity index (χ3v) is 1.94. The molecule has 1 rings (SSSR count). The van der Waals surface area contributed by atoms with E-state index in [2.05, 4.69) is 24.5 Å². The Morgan fingerprint density at radius 1 is 1.73 bits per heavy atom. The van der Waals surface area contributed by atoms with Crippen LogP contribution in [0.25, 0.3) is 0 Å². The quantitative estimate of drug-likeness (QED) is 0.609. The van der Waals surface area contributed by atoms with Crippen LogP contribution in [0.1, 0.15) is 20.3 Å². The molecule has 1 atom stereocenters. The molecule has 0 aromatic carbocycles. The van der Waals surface area contributed by atoms with Gasteiger partial charge in [0.1, 0.15) is 0 Å². The van der Waals surface area contributed by atoms with E-state index in [-0.39, 0.29) is 11.8 Å². The van der Waals surface area contributed by atoms with E-state index in [1.54, 1.807) is 0 Å². The predicted molar refractivity (Wildman–Crippen MR) is 44.3 cm³/mol. The predicted octanol–water partition coefficient (Wildman–Crippen LogP) is 0.120. The van der Waals surface area contributed by atoms with Crippen molar-refractivity contribution in [3.8, 4) is 0 Å². The molecule has 3 heteroatoms. The second-order valence-electron chi connectivity index (χ2n) is 3.34. The maximum Gasteiger partial charge on any atom is 0.224 e. The minimum absolute atomic E-state index is 0.206. The number of nitrogens with one attached hydrogen (secondary N) is 2. The van der Waals surface area contributed by atoms with Crippen molar-refractivity contribution in [2.45, 2.75) is 26.3 Å². The van der Waals surface area contributed by atoms with Gasteiger partial charge in [0.25, 0.3) is 0 Å². The van der Waals surface area contributed by atoms with Crippen molar-refractivity contribution < 1.29 is 4.79 Å². The van der Waals surface area contributed by atoms with E-state index in [0.29, 0.717) is 6.04 Å². The molecule has 1 heterocycles. The zero-order valence-corrected chi connectivity index (χ0v) is 7.18. The molecule has 2 N–H and O–H groups in total. The topological polar surface area (TPSA) is 41.1 Å². The highest BCUT2D eigenvalue weighted by Crippen LogP contribution is 2.07. The Morgan fingerprint density at radius 2 is 2.45 bits per heavy atom. The molecule has 0 aromatic heterocycles. The van der Waals surface area contributed by atoms with E-state index in [1.807, 2.05) is 0 Å². The van der Waals surface area contributed by atoms with Crippen LogP contribution in [0.5, 0.6) is 0 Å². The van der Waals surface area contributed by atoms with Crippen molar-refractivity contribution in [3.05, 3.63) is 0 Å². The van der Waals surface area contributed by atoms with Gasteiger partial charge in [0.05, 0.1) is 5.92 Å². The average Bonchev–Trinajstić information content (AvgIpc) is 2.31. The first-order valence-corrected chi connectivity index (χ1v) is 4.21. The summed E-state index contributed by atoms with van der Waals surface area (Å²) in [5, 5.41) is 6.07. The lowest BCUT2D eigenvalue weighted by Crippen LogP contribution is -2.32. The van der Waals surface area contributed by atoms with Crippen molar-refractivity contribution in [2.75, 3.05) is 13.1 Å². The van der Waals surface area contributed by atoms with Gasteiger partial charge < -0.3 is 10.6 Å². The molecule has 1 amide bonds. The number of amides is 1. The van der Waals surface area contributed by atoms with Gasteiger partial charge in [0.15, 0.2) is 0 Å². The summed E-state index contributed by atoms with van der Waals surface area (Å²) >= 11 is 0. The van der Waals surface area contributed by atoms with Gasteiger partial charge in [-0.2, -0.15) is 0 Å². The van der Waals surface area contributed by atoms with Crippen LogP contribution in [-0.2, 0) is 4.79 Å². The number of rotatable bonds is 3. The molecule has 1 aliphatic rings. The van der Waals surface area contributed by atoms with Crippen molar-refractivity contribution >= 4 is 5.91 Å². The molecule has 1 saturated heterocycles. The zero-order valence-electron chi connectivity index (χ0n) is 7.18. The molecular formula is C8H16N2O. The lowest BCUT2D eigenvalue weighted by atomic mass is 10.1. The minimum atomic E-state index is 0.206. The summed E-state index contributed by atoms with van der Waals surface area (Å²) in [5.41, 5.74) is 0. The molecule has 0 radical (unpaired) electrons. The first kappa shape index (κ1) is 8.53. The van der Waals surface area contributed by atoms with E-state index in [1.165, 1.54) is 0 Å². The Hall–Kier alpha value is -0.570. The molecule has 1 aliphatic heterocycles. The van der Waals surface area contributed by atoms with Crippen LogP contribution in [0, 0.1) is 5.92 Å². The smallest absolute Gasteiger partial charge is 0.224 e. The summed E-state index contributed by atoms with van der Waals surface area (Å²) in [4.78, 5) is 11.0. The highest BCUT2D eigenvalue weighted by Gasteiger charge is 2.23. The third-order valence-electron chi connectivity index (χ3n) is 1.94. The Kier molecular flexibility index (Phi) is 2.88. The molecule has 0 bridgehead atoms. The third kappa shape index (κ3) is 2.50. The van der Waals surface area contributed by atoms with Gasteiger partial charge in [-0.05, 0) is 6.42 Å². The minimum Gasteiger partial charge on any atom is -0.356 e. The SMILES string of the molecule is CC(C)NCC1CCNC1=O. The monoisotopic (exact) mass is 156 g/mol. The Morgan fingerprint density at radius 3 is 2.91 bits per heavy atom. The lowest BCUT2D eigenvalue weighted by molar-refractivity contribution is -0.122. The van der Waals surface area contributed by atoms with E-state index in [0.717, 1.165) is 19.5 Å². The van der Waals surface area contributed by atoms with Gasteiger partial charge in [-0.25, -0.2) is 0 Å². The summed E-state index contributed by atoms with van der Waals surface area (Å²) in [6.45, 7) is 5.85. The van der Waals surface area contributed by atoms with Crippen molar-refractivity contribution in [3.63, 3.8) is 0 Å². The fourth-order valence-electron chi connectivity index (χ4n) is 1.22. The largest absolute Gasteiger partial charge is 0.356 e. The van der Waals surface area contributed by atoms with Gasteiger partial charge in [-0.3, -0.25) is 4.79 Å². The highest BCUT2D eigenvalue weighted by molar-refractivity contribution is 5.80. The van der Waals surface area contributed by atoms with E-state index in [4.69, 9.17) is 0 Å². The molecule has 64 valence electrons. The molecular weight excluding hydrogens is 140 g/mol. The maximum atomic E-state index is 11.0. The molecule has 0 aliphatic carbocycles. The molecule has 3 nitrogen and oxygen atoms in total. The molecule has 1 fully saturated rings. The maximum absolute atomic E-state index is 11.0. The lowest BCUT2D eigenvalue weighted by Gasteiger charge is -2.10. The van der Waals surface area contributed by atoms with Crippen LogP contribution in [0.3, 0.4) is 0 Å². The first-order valence-electron chi connectivity index (χ1n) is 4.21. The molecule has 1 unspecified atom stereocenters. The number of carbonyl (C=O) groups excluding carboxylic acids is 1. The molecule has 0 spiro atoms. The number of hydrogen-bond acceptors (Lipinski definition) is 2. The van der Waals surface area contributed by atoms with Crippen LogP contribution < -0.4 is 10.6 Å². The van der Waals surface area contributed by atoms with E-state index < -0.39 is 0 Å². The molecule has 0 aromatic rings. The van der Waals surface area contributed by atoms with Gasteiger partial charge in [0.2, 0.25) is 5.91 Å². The van der Waals surface area contributed by atoms with Gasteiger partial charge in [-0.1, -0.05) is 13.8 Å². The van der Waals surface area contributed by atoms with Crippen molar-refractivity contribution in [1.29, 1.82) is 0 Å².